The van der Waals surface area contributed by atoms with E-state index in [2.05, 4.69) is 47.6 Å². The van der Waals surface area contributed by atoms with Crippen LogP contribution in [0, 0.1) is 52.3 Å². The van der Waals surface area contributed by atoms with Crippen molar-refractivity contribution in [2.75, 3.05) is 5.88 Å². The molecular formula is C30H49ClO2. The molecular weight excluding hydrogens is 428 g/mol. The Bertz CT molecular complexity index is 744. The number of ether oxygens (including phenoxy) is 1. The number of esters is 1. The van der Waals surface area contributed by atoms with Crippen LogP contribution in [0.25, 0.3) is 0 Å². The van der Waals surface area contributed by atoms with Crippen LogP contribution >= 0.6 is 11.6 Å². The normalized spacial score (nSPS) is 42.1. The van der Waals surface area contributed by atoms with E-state index in [-0.39, 0.29) is 18.0 Å². The standard InChI is InChI=1S/C30H49ClO2/c1-19(2)20(3)7-8-21(4)25-11-12-26-24-10-9-22-17-23(33-28(32)18-31)13-15-29(22,5)27(24)14-16-30(25,26)6/h9,19-21,23-27H,7-8,10-18H2,1-6H3/t20-,21-,23+,24+,25-,26+,27+,29+,30-/m1/s1. The molecule has 3 heteroatoms. The summed E-state index contributed by atoms with van der Waals surface area (Å²) in [6.07, 6.45) is 15.4. The van der Waals surface area contributed by atoms with E-state index in [0.29, 0.717) is 10.8 Å². The van der Waals surface area contributed by atoms with Gasteiger partial charge in [-0.25, -0.2) is 0 Å². The molecule has 188 valence electrons. The number of carbonyl (C=O) groups is 1. The first-order valence-corrected chi connectivity index (χ1v) is 14.6. The van der Waals surface area contributed by atoms with E-state index >= 15 is 0 Å². The predicted molar refractivity (Wildman–Crippen MR) is 138 cm³/mol. The molecule has 4 aliphatic rings. The van der Waals surface area contributed by atoms with Crippen molar-refractivity contribution in [2.24, 2.45) is 52.3 Å². The summed E-state index contributed by atoms with van der Waals surface area (Å²) in [4.78, 5) is 11.7. The predicted octanol–water partition coefficient (Wildman–Crippen LogP) is 8.42. The zero-order valence-electron chi connectivity index (χ0n) is 22.2. The molecule has 0 heterocycles. The van der Waals surface area contributed by atoms with E-state index in [4.69, 9.17) is 16.3 Å². The highest BCUT2D eigenvalue weighted by Crippen LogP contribution is 2.67. The zero-order valence-corrected chi connectivity index (χ0v) is 22.9. The van der Waals surface area contributed by atoms with E-state index in [1.807, 2.05) is 0 Å². The second kappa shape index (κ2) is 9.87. The summed E-state index contributed by atoms with van der Waals surface area (Å²) >= 11 is 5.69. The number of fused-ring (bicyclic) bond motifs is 5. The van der Waals surface area contributed by atoms with Gasteiger partial charge in [-0.2, -0.15) is 0 Å². The summed E-state index contributed by atoms with van der Waals surface area (Å²) in [5.41, 5.74) is 2.43. The quantitative estimate of drug-likeness (QED) is 0.209. The van der Waals surface area contributed by atoms with Crippen LogP contribution < -0.4 is 0 Å². The van der Waals surface area contributed by atoms with Gasteiger partial charge in [-0.15, -0.1) is 11.6 Å². The highest BCUT2D eigenvalue weighted by atomic mass is 35.5. The minimum atomic E-state index is -0.262. The monoisotopic (exact) mass is 476 g/mol. The van der Waals surface area contributed by atoms with Crippen molar-refractivity contribution >= 4 is 17.6 Å². The molecule has 0 aromatic heterocycles. The molecule has 0 aliphatic heterocycles. The van der Waals surface area contributed by atoms with Gasteiger partial charge in [0.1, 0.15) is 12.0 Å². The second-order valence-electron chi connectivity index (χ2n) is 13.3. The molecule has 0 saturated heterocycles. The maximum absolute atomic E-state index is 11.7. The average Bonchev–Trinajstić information content (AvgIpc) is 3.14. The highest BCUT2D eigenvalue weighted by Gasteiger charge is 2.59. The molecule has 0 bridgehead atoms. The maximum atomic E-state index is 11.7. The molecule has 0 unspecified atom stereocenters. The molecule has 4 rings (SSSR count). The van der Waals surface area contributed by atoms with Gasteiger partial charge >= 0.3 is 5.97 Å². The van der Waals surface area contributed by atoms with Crippen molar-refractivity contribution in [3.8, 4) is 0 Å². The van der Waals surface area contributed by atoms with Crippen molar-refractivity contribution in [3.63, 3.8) is 0 Å². The molecule has 2 nitrogen and oxygen atoms in total. The van der Waals surface area contributed by atoms with Crippen molar-refractivity contribution < 1.29 is 9.53 Å². The Balaban J connectivity index is 1.45. The number of carbonyl (C=O) groups excluding carboxylic acids is 1. The van der Waals surface area contributed by atoms with Gasteiger partial charge in [-0.3, -0.25) is 4.79 Å². The summed E-state index contributed by atoms with van der Waals surface area (Å²) in [6.45, 7) is 15.0. The Kier molecular flexibility index (Phi) is 7.65. The van der Waals surface area contributed by atoms with E-state index in [1.54, 1.807) is 5.57 Å². The van der Waals surface area contributed by atoms with Gasteiger partial charge in [0.15, 0.2) is 0 Å². The largest absolute Gasteiger partial charge is 0.461 e. The molecule has 0 spiro atoms. The van der Waals surface area contributed by atoms with Gasteiger partial charge in [0, 0.05) is 6.42 Å². The van der Waals surface area contributed by atoms with Crippen LogP contribution in [0.2, 0.25) is 0 Å². The zero-order chi connectivity index (χ0) is 24.0. The number of rotatable bonds is 7. The van der Waals surface area contributed by atoms with E-state index in [0.717, 1.165) is 60.7 Å². The molecule has 3 fully saturated rings. The Morgan fingerprint density at radius 1 is 1.06 bits per heavy atom. The third-order valence-electron chi connectivity index (χ3n) is 11.4. The van der Waals surface area contributed by atoms with Gasteiger partial charge in [-0.05, 0) is 97.2 Å². The summed E-state index contributed by atoms with van der Waals surface area (Å²) in [5.74, 6) is 5.68. The van der Waals surface area contributed by atoms with Crippen LogP contribution in [0.4, 0.5) is 0 Å². The maximum Gasteiger partial charge on any atom is 0.321 e. The average molecular weight is 477 g/mol. The number of alkyl halides is 1. The molecule has 0 aromatic rings. The lowest BCUT2D eigenvalue weighted by molar-refractivity contribution is -0.148. The first-order valence-electron chi connectivity index (χ1n) is 14.0. The first-order chi connectivity index (χ1) is 15.6. The van der Waals surface area contributed by atoms with Crippen molar-refractivity contribution in [1.82, 2.24) is 0 Å². The van der Waals surface area contributed by atoms with Crippen LogP contribution in [-0.4, -0.2) is 18.0 Å². The first kappa shape index (κ1) is 25.6. The van der Waals surface area contributed by atoms with Gasteiger partial charge in [0.25, 0.3) is 0 Å². The molecule has 0 aromatic carbocycles. The SMILES string of the molecule is CC(C)[C@H](C)CC[C@@H](C)[C@H]1CC[C@H]2[C@@H]3CC=C4C[C@@H](OC(=O)CCl)CC[C@]4(C)[C@H]3CC[C@]12C. The van der Waals surface area contributed by atoms with E-state index < -0.39 is 0 Å². The van der Waals surface area contributed by atoms with Gasteiger partial charge in [0.05, 0.1) is 0 Å². The van der Waals surface area contributed by atoms with E-state index in [9.17, 15) is 4.79 Å². The van der Waals surface area contributed by atoms with Gasteiger partial charge < -0.3 is 4.74 Å². The second-order valence-corrected chi connectivity index (χ2v) is 13.5. The fraction of sp³-hybridized carbons (Fsp3) is 0.900. The molecule has 0 N–H and O–H groups in total. The van der Waals surface area contributed by atoms with Crippen molar-refractivity contribution in [3.05, 3.63) is 11.6 Å². The lowest BCUT2D eigenvalue weighted by Gasteiger charge is -2.58. The molecule has 33 heavy (non-hydrogen) atoms. The molecule has 3 saturated carbocycles. The highest BCUT2D eigenvalue weighted by molar-refractivity contribution is 6.26. The van der Waals surface area contributed by atoms with Gasteiger partial charge in [-0.1, -0.05) is 66.0 Å². The molecule has 4 aliphatic carbocycles. The van der Waals surface area contributed by atoms with Crippen LogP contribution in [0.1, 0.15) is 106 Å². The lowest BCUT2D eigenvalue weighted by Crippen LogP contribution is -2.51. The van der Waals surface area contributed by atoms with Crippen LogP contribution in [0.3, 0.4) is 0 Å². The summed E-state index contributed by atoms with van der Waals surface area (Å²) < 4.78 is 5.64. The Labute approximate surface area is 208 Å². The fourth-order valence-electron chi connectivity index (χ4n) is 8.98. The number of hydrogen-bond donors (Lipinski definition) is 0. The fourth-order valence-corrected chi connectivity index (χ4v) is 9.04. The smallest absolute Gasteiger partial charge is 0.321 e. The Morgan fingerprint density at radius 3 is 2.52 bits per heavy atom. The summed E-state index contributed by atoms with van der Waals surface area (Å²) in [5, 5.41) is 0. The van der Waals surface area contributed by atoms with Crippen LogP contribution in [0.5, 0.6) is 0 Å². The minimum absolute atomic E-state index is 0.0333. The van der Waals surface area contributed by atoms with Crippen molar-refractivity contribution in [2.45, 2.75) is 112 Å². The summed E-state index contributed by atoms with van der Waals surface area (Å²) in [6, 6.07) is 0. The lowest BCUT2D eigenvalue weighted by atomic mass is 9.47. The molecule has 0 amide bonds. The van der Waals surface area contributed by atoms with Gasteiger partial charge in [0.2, 0.25) is 0 Å². The molecule has 0 radical (unpaired) electrons. The number of halogens is 1. The Morgan fingerprint density at radius 2 is 1.82 bits per heavy atom. The van der Waals surface area contributed by atoms with Crippen LogP contribution in [0.15, 0.2) is 11.6 Å². The number of hydrogen-bond acceptors (Lipinski definition) is 2. The minimum Gasteiger partial charge on any atom is -0.461 e. The van der Waals surface area contributed by atoms with Crippen LogP contribution in [-0.2, 0) is 9.53 Å². The van der Waals surface area contributed by atoms with Crippen molar-refractivity contribution in [1.29, 1.82) is 0 Å². The molecule has 9 atom stereocenters. The summed E-state index contributed by atoms with van der Waals surface area (Å²) in [7, 11) is 0. The van der Waals surface area contributed by atoms with E-state index in [1.165, 1.54) is 44.9 Å². The Hall–Kier alpha value is -0.500. The third-order valence-corrected chi connectivity index (χ3v) is 11.7. The number of allylic oxidation sites excluding steroid dienone is 1. The third kappa shape index (κ3) is 4.68. The topological polar surface area (TPSA) is 26.3 Å².